The first kappa shape index (κ1) is 52.7. The Kier molecular flexibility index (Phi) is 38.2. The minimum absolute atomic E-state index is 0.137. The lowest BCUT2D eigenvalue weighted by molar-refractivity contribution is -0.153. The smallest absolute Gasteiger partial charge is 0.457 e. The van der Waals surface area contributed by atoms with Crippen LogP contribution >= 0.6 is 7.82 Å². The molecule has 0 aromatic rings. The maximum absolute atomic E-state index is 12.3. The molecule has 0 aliphatic carbocycles. The molecule has 3 atom stereocenters. The third kappa shape index (κ3) is 38.3. The van der Waals surface area contributed by atoms with E-state index in [0.717, 1.165) is 64.2 Å². The predicted molar refractivity (Wildman–Crippen MR) is 224 cm³/mol. The molecule has 0 aromatic heterocycles. The molecule has 3 unspecified atom stereocenters. The quantitative estimate of drug-likeness (QED) is 0.0237. The first-order chi connectivity index (χ1) is 26.8. The number of esters is 2. The van der Waals surface area contributed by atoms with E-state index in [-0.39, 0.29) is 12.8 Å². The molecule has 10 nitrogen and oxygen atoms in total. The van der Waals surface area contributed by atoms with Crippen molar-refractivity contribution in [3.8, 4) is 0 Å². The molecule has 0 rings (SSSR count). The van der Waals surface area contributed by atoms with Gasteiger partial charge in [-0.15, -0.1) is 0 Å². The van der Waals surface area contributed by atoms with Gasteiger partial charge in [0.2, 0.25) is 0 Å². The van der Waals surface area contributed by atoms with Crippen molar-refractivity contribution in [1.29, 1.82) is 0 Å². The van der Waals surface area contributed by atoms with E-state index in [4.69, 9.17) is 18.5 Å². The molecule has 55 heavy (non-hydrogen) atoms. The number of phosphoric ester groups is 1. The third-order valence-electron chi connectivity index (χ3n) is 8.71. The molecule has 0 aromatic carbocycles. The van der Waals surface area contributed by atoms with Crippen molar-refractivity contribution in [1.82, 2.24) is 0 Å². The summed E-state index contributed by atoms with van der Waals surface area (Å²) in [4.78, 5) is 34.5. The van der Waals surface area contributed by atoms with E-state index >= 15 is 0 Å². The van der Waals surface area contributed by atoms with Crippen LogP contribution in [0.2, 0.25) is 0 Å². The second-order valence-corrected chi connectivity index (χ2v) is 15.4. The Morgan fingerprint density at radius 2 is 0.855 bits per heavy atom. The number of aliphatic hydroxyl groups is 2. The number of hydrogen-bond donors (Lipinski definition) is 3. The molecule has 0 fully saturated rings. The van der Waals surface area contributed by atoms with Crippen LogP contribution in [-0.2, 0) is 32.7 Å². The Hall–Kier alpha value is -2.33. The Balaban J connectivity index is 3.99. The van der Waals surface area contributed by atoms with Crippen molar-refractivity contribution >= 4 is 19.8 Å². The van der Waals surface area contributed by atoms with Gasteiger partial charge in [-0.25, -0.2) is 4.57 Å². The Morgan fingerprint density at radius 1 is 0.509 bits per heavy atom. The van der Waals surface area contributed by atoms with Crippen LogP contribution < -0.4 is 0 Å². The van der Waals surface area contributed by atoms with E-state index < -0.39 is 58.4 Å². The van der Waals surface area contributed by atoms with E-state index in [2.05, 4.69) is 74.6 Å². The molecule has 0 saturated heterocycles. The third-order valence-corrected chi connectivity index (χ3v) is 9.66. The summed E-state index contributed by atoms with van der Waals surface area (Å²) < 4.78 is 32.5. The lowest BCUT2D eigenvalue weighted by Crippen LogP contribution is -2.28. The zero-order valence-electron chi connectivity index (χ0n) is 34.4. The molecule has 0 bridgehead atoms. The van der Waals surface area contributed by atoms with E-state index in [0.29, 0.717) is 12.8 Å². The molecule has 0 spiro atoms. The van der Waals surface area contributed by atoms with Crippen LogP contribution in [0.3, 0.4) is 0 Å². The van der Waals surface area contributed by atoms with Crippen LogP contribution in [0.5, 0.6) is 0 Å². The van der Waals surface area contributed by atoms with Gasteiger partial charge < -0.3 is 24.6 Å². The average molecular weight is 797 g/mol. The molecule has 0 aliphatic rings. The highest BCUT2D eigenvalue weighted by atomic mass is 31.2. The second-order valence-electron chi connectivity index (χ2n) is 13.9. The first-order valence-electron chi connectivity index (χ1n) is 21.2. The van der Waals surface area contributed by atoms with Crippen LogP contribution in [0, 0.1) is 0 Å². The number of rotatable bonds is 39. The van der Waals surface area contributed by atoms with Crippen molar-refractivity contribution in [3.63, 3.8) is 0 Å². The summed E-state index contributed by atoms with van der Waals surface area (Å²) in [5.74, 6) is -1.07. The Labute approximate surface area is 334 Å². The number of carbonyl (C=O) groups is 2. The molecular weight excluding hydrogens is 719 g/mol. The van der Waals surface area contributed by atoms with Crippen molar-refractivity contribution < 1.29 is 47.8 Å². The number of phosphoric acid groups is 1. The second kappa shape index (κ2) is 39.9. The van der Waals surface area contributed by atoms with Crippen molar-refractivity contribution in [2.24, 2.45) is 0 Å². The summed E-state index contributed by atoms with van der Waals surface area (Å²) in [5, 5.41) is 19.1. The fraction of sp³-hybridized carbons (Fsp3) is 0.727. The highest BCUT2D eigenvalue weighted by Crippen LogP contribution is 2.43. The molecule has 0 aliphatic heterocycles. The molecule has 3 N–H and O–H groups in total. The van der Waals surface area contributed by atoms with Crippen molar-refractivity contribution in [2.75, 3.05) is 26.4 Å². The van der Waals surface area contributed by atoms with E-state index in [1.807, 2.05) is 0 Å². The maximum atomic E-state index is 12.3. The topological polar surface area (TPSA) is 149 Å². The van der Waals surface area contributed by atoms with Gasteiger partial charge in [0.05, 0.1) is 26.4 Å². The minimum atomic E-state index is -4.65. The number of allylic oxidation sites excluding steroid dienone is 10. The van der Waals surface area contributed by atoms with Crippen molar-refractivity contribution in [3.05, 3.63) is 60.8 Å². The summed E-state index contributed by atoms with van der Waals surface area (Å²) in [6, 6.07) is 0. The summed E-state index contributed by atoms with van der Waals surface area (Å²) in [5.41, 5.74) is 0. The minimum Gasteiger partial charge on any atom is -0.457 e. The average Bonchev–Trinajstić information content (AvgIpc) is 3.17. The van der Waals surface area contributed by atoms with Gasteiger partial charge in [0, 0.05) is 12.8 Å². The van der Waals surface area contributed by atoms with Gasteiger partial charge in [0.25, 0.3) is 0 Å². The fourth-order valence-corrected chi connectivity index (χ4v) is 6.24. The molecule has 0 saturated carbocycles. The Bertz CT molecular complexity index is 1100. The number of carbonyl (C=O) groups excluding carboxylic acids is 2. The van der Waals surface area contributed by atoms with Crippen LogP contribution in [0.25, 0.3) is 0 Å². The normalized spacial score (nSPS) is 14.5. The van der Waals surface area contributed by atoms with Crippen LogP contribution in [0.1, 0.15) is 168 Å². The van der Waals surface area contributed by atoms with E-state index in [9.17, 15) is 29.3 Å². The maximum Gasteiger partial charge on any atom is 0.472 e. The highest BCUT2D eigenvalue weighted by molar-refractivity contribution is 7.47. The SMILES string of the molecule is CC/C=C\C/C=C\C/C=C\C/C=C\CCCCC(=O)OC(CO)COP(=O)(O)OCC(CO)OC(=O)CCCCCCCCC/C=C\CCCCCCCC. The van der Waals surface area contributed by atoms with Crippen molar-refractivity contribution in [2.45, 2.75) is 180 Å². The van der Waals surface area contributed by atoms with Gasteiger partial charge in [-0.05, 0) is 77.0 Å². The number of hydrogen-bond acceptors (Lipinski definition) is 9. The van der Waals surface area contributed by atoms with Crippen LogP contribution in [-0.4, -0.2) is 65.7 Å². The van der Waals surface area contributed by atoms with Gasteiger partial charge in [-0.1, -0.05) is 139 Å². The number of aliphatic hydroxyl groups excluding tert-OH is 2. The van der Waals surface area contributed by atoms with Gasteiger partial charge in [0.1, 0.15) is 12.2 Å². The molecule has 0 amide bonds. The van der Waals surface area contributed by atoms with Crippen LogP contribution in [0.15, 0.2) is 60.8 Å². The highest BCUT2D eigenvalue weighted by Gasteiger charge is 2.27. The number of ether oxygens (including phenoxy) is 2. The largest absolute Gasteiger partial charge is 0.472 e. The lowest BCUT2D eigenvalue weighted by atomic mass is 10.1. The Morgan fingerprint density at radius 3 is 1.29 bits per heavy atom. The van der Waals surface area contributed by atoms with Gasteiger partial charge in [0.15, 0.2) is 0 Å². The van der Waals surface area contributed by atoms with Gasteiger partial charge in [-0.3, -0.25) is 18.6 Å². The molecular formula is C44H77O10P. The molecule has 318 valence electrons. The zero-order chi connectivity index (χ0) is 40.5. The summed E-state index contributed by atoms with van der Waals surface area (Å²) >= 11 is 0. The summed E-state index contributed by atoms with van der Waals surface area (Å²) in [6.07, 6.45) is 43.4. The van der Waals surface area contributed by atoms with Gasteiger partial charge in [-0.2, -0.15) is 0 Å². The number of unbranched alkanes of at least 4 members (excludes halogenated alkanes) is 15. The van der Waals surface area contributed by atoms with E-state index in [1.165, 1.54) is 64.2 Å². The summed E-state index contributed by atoms with van der Waals surface area (Å²) in [6.45, 7) is 2.03. The molecule has 0 heterocycles. The first-order valence-corrected chi connectivity index (χ1v) is 22.7. The lowest BCUT2D eigenvalue weighted by Gasteiger charge is -2.20. The van der Waals surface area contributed by atoms with E-state index in [1.54, 1.807) is 0 Å². The summed E-state index contributed by atoms with van der Waals surface area (Å²) in [7, 11) is -4.65. The zero-order valence-corrected chi connectivity index (χ0v) is 35.3. The van der Waals surface area contributed by atoms with Gasteiger partial charge >= 0.3 is 19.8 Å². The standard InChI is InChI=1S/C44H77O10P/c1-3-5-7-9-11-13-15-17-19-20-22-24-26-28-30-32-34-36-44(48)54-42(38-46)40-52-55(49,50)51-39-41(37-45)53-43(47)35-33-31-29-27-25-23-21-18-16-14-12-10-8-6-4-2/h6,8,12,14,17-19,21,25,27,41-42,45-46H,3-5,7,9-11,13,15-16,20,22-24,26,28-40H2,1-2H3,(H,49,50)/b8-6-,14-12-,19-17-,21-18-,27-25-. The monoisotopic (exact) mass is 797 g/mol. The van der Waals surface area contributed by atoms with Crippen LogP contribution in [0.4, 0.5) is 0 Å². The molecule has 11 heteroatoms. The predicted octanol–water partition coefficient (Wildman–Crippen LogP) is 11.1. The molecule has 0 radical (unpaired) electrons. The fourth-order valence-electron chi connectivity index (χ4n) is 5.45.